The number of amides is 3. The van der Waals surface area contributed by atoms with Crippen LogP contribution in [0.2, 0.25) is 0 Å². The van der Waals surface area contributed by atoms with Crippen molar-refractivity contribution >= 4 is 33.3 Å². The summed E-state index contributed by atoms with van der Waals surface area (Å²) in [6, 6.07) is 13.7. The first kappa shape index (κ1) is 36.3. The molecule has 1 aromatic heterocycles. The van der Waals surface area contributed by atoms with Crippen LogP contribution in [-0.2, 0) is 27.8 Å². The lowest BCUT2D eigenvalue weighted by molar-refractivity contribution is -0.128. The van der Waals surface area contributed by atoms with Crippen LogP contribution in [0.4, 0.5) is 4.79 Å². The van der Waals surface area contributed by atoms with E-state index in [9.17, 15) is 23.1 Å². The smallest absolute Gasteiger partial charge is 0.321 e. The van der Waals surface area contributed by atoms with Crippen LogP contribution < -0.4 is 10.1 Å². The van der Waals surface area contributed by atoms with Crippen LogP contribution in [0.3, 0.4) is 0 Å². The SMILES string of the molecule is COc1ccc(S(=O)(=O)N(CC(C)C)C[C@H](O)[C@H](Cc2ccccc2)NC(=O)[C@H](C(C)C)N2CCN(Cc3csc(C)n3)C2=O)cc1. The first-order valence-corrected chi connectivity index (χ1v) is 18.2. The number of benzene rings is 2. The number of aliphatic hydroxyl groups excluding tert-OH is 1. The number of aliphatic hydroxyl groups is 1. The summed E-state index contributed by atoms with van der Waals surface area (Å²) in [5, 5.41) is 17.6. The zero-order valence-corrected chi connectivity index (χ0v) is 29.6. The molecule has 2 aromatic carbocycles. The van der Waals surface area contributed by atoms with E-state index in [0.717, 1.165) is 16.3 Å². The third-order valence-corrected chi connectivity index (χ3v) is 10.8. The van der Waals surface area contributed by atoms with Crippen LogP contribution in [0, 0.1) is 18.8 Å². The molecule has 3 aromatic rings. The molecule has 2 heterocycles. The Labute approximate surface area is 282 Å². The zero-order valence-electron chi connectivity index (χ0n) is 28.0. The Morgan fingerprint density at radius 2 is 1.74 bits per heavy atom. The Balaban J connectivity index is 1.56. The largest absolute Gasteiger partial charge is 0.497 e. The topological polar surface area (TPSA) is 132 Å². The summed E-state index contributed by atoms with van der Waals surface area (Å²) in [6.45, 7) is 10.7. The molecule has 0 aliphatic carbocycles. The van der Waals surface area contributed by atoms with Gasteiger partial charge in [-0.1, -0.05) is 58.0 Å². The van der Waals surface area contributed by atoms with Crippen LogP contribution in [0.25, 0.3) is 0 Å². The monoisotopic (exact) mass is 685 g/mol. The van der Waals surface area contributed by atoms with Gasteiger partial charge in [-0.25, -0.2) is 18.2 Å². The minimum atomic E-state index is -3.99. The number of nitrogens with one attached hydrogen (secondary N) is 1. The van der Waals surface area contributed by atoms with E-state index in [-0.39, 0.29) is 42.3 Å². The van der Waals surface area contributed by atoms with E-state index in [1.54, 1.807) is 21.9 Å². The van der Waals surface area contributed by atoms with Crippen molar-refractivity contribution in [2.24, 2.45) is 11.8 Å². The highest BCUT2D eigenvalue weighted by atomic mass is 32.2. The second kappa shape index (κ2) is 16.1. The van der Waals surface area contributed by atoms with E-state index in [4.69, 9.17) is 4.74 Å². The number of aromatic nitrogens is 1. The minimum Gasteiger partial charge on any atom is -0.497 e. The Kier molecular flexibility index (Phi) is 12.4. The maximum Gasteiger partial charge on any atom is 0.321 e. The number of hydrogen-bond donors (Lipinski definition) is 2. The molecule has 1 aliphatic rings. The summed E-state index contributed by atoms with van der Waals surface area (Å²) in [6.07, 6.45) is -0.989. The van der Waals surface area contributed by atoms with E-state index in [2.05, 4.69) is 10.3 Å². The van der Waals surface area contributed by atoms with Crippen LogP contribution in [-0.4, -0.2) is 96.0 Å². The lowest BCUT2D eigenvalue weighted by atomic mass is 9.97. The van der Waals surface area contributed by atoms with Crippen molar-refractivity contribution in [3.8, 4) is 5.75 Å². The molecule has 11 nitrogen and oxygen atoms in total. The average Bonchev–Trinajstić information content (AvgIpc) is 3.61. The number of aryl methyl sites for hydroxylation is 1. The molecular weight excluding hydrogens is 639 g/mol. The second-order valence-electron chi connectivity index (χ2n) is 12.7. The van der Waals surface area contributed by atoms with Crippen molar-refractivity contribution in [2.75, 3.05) is 33.3 Å². The number of methoxy groups -OCH3 is 1. The van der Waals surface area contributed by atoms with Crippen molar-refractivity contribution in [1.29, 1.82) is 0 Å². The van der Waals surface area contributed by atoms with E-state index in [0.29, 0.717) is 25.4 Å². The molecule has 1 saturated heterocycles. The predicted molar refractivity (Wildman–Crippen MR) is 183 cm³/mol. The van der Waals surface area contributed by atoms with Gasteiger partial charge in [-0.15, -0.1) is 11.3 Å². The fourth-order valence-corrected chi connectivity index (χ4v) is 8.04. The number of nitrogens with zero attached hydrogens (tertiary/aromatic N) is 4. The molecule has 0 radical (unpaired) electrons. The predicted octanol–water partition coefficient (Wildman–Crippen LogP) is 4.16. The molecule has 3 amide bonds. The van der Waals surface area contributed by atoms with Gasteiger partial charge in [0.1, 0.15) is 11.8 Å². The van der Waals surface area contributed by atoms with Gasteiger partial charge in [0.2, 0.25) is 15.9 Å². The fourth-order valence-electron chi connectivity index (χ4n) is 5.82. The van der Waals surface area contributed by atoms with Crippen molar-refractivity contribution in [3.05, 3.63) is 76.2 Å². The van der Waals surface area contributed by atoms with Gasteiger partial charge in [0, 0.05) is 31.6 Å². The van der Waals surface area contributed by atoms with Gasteiger partial charge in [0.05, 0.1) is 41.4 Å². The highest BCUT2D eigenvalue weighted by Gasteiger charge is 2.40. The summed E-state index contributed by atoms with van der Waals surface area (Å²) in [5.41, 5.74) is 1.68. The Bertz CT molecular complexity index is 1580. The van der Waals surface area contributed by atoms with Crippen LogP contribution in [0.15, 0.2) is 64.9 Å². The number of thiazole rings is 1. The molecule has 2 N–H and O–H groups in total. The summed E-state index contributed by atoms with van der Waals surface area (Å²) in [5.74, 6) is -0.112. The number of urea groups is 1. The molecule has 13 heteroatoms. The molecule has 1 fully saturated rings. The van der Waals surface area contributed by atoms with Crippen molar-refractivity contribution in [1.82, 2.24) is 24.4 Å². The molecular formula is C34H47N5O6S2. The number of carbonyl (C=O) groups is 2. The maximum atomic E-state index is 14.0. The molecule has 256 valence electrons. The van der Waals surface area contributed by atoms with Crippen molar-refractivity contribution < 1.29 is 27.9 Å². The molecule has 4 rings (SSSR count). The summed E-state index contributed by atoms with van der Waals surface area (Å²) >= 11 is 1.53. The van der Waals surface area contributed by atoms with Crippen molar-refractivity contribution in [2.45, 2.75) is 70.7 Å². The lowest BCUT2D eigenvalue weighted by Gasteiger charge is -2.34. The van der Waals surface area contributed by atoms with E-state index < -0.39 is 34.1 Å². The highest BCUT2D eigenvalue weighted by Crippen LogP contribution is 2.24. The number of carbonyl (C=O) groups excluding carboxylic acids is 2. The van der Waals surface area contributed by atoms with Gasteiger partial charge in [0.15, 0.2) is 0 Å². The average molecular weight is 686 g/mol. The standard InChI is InChI=1S/C34H47N5O6S2/c1-23(2)19-38(47(43,44)29-14-12-28(45-6)13-15-29)21-31(40)30(18-26-10-8-7-9-11-26)36-33(41)32(24(3)4)39-17-16-37(34(39)42)20-27-22-46-25(5)35-27/h7-15,22-24,30-32,40H,16-21H2,1-6H3,(H,36,41)/t30-,31-,32-/m0/s1. The molecule has 3 atom stereocenters. The summed E-state index contributed by atoms with van der Waals surface area (Å²) in [4.78, 5) is 35.4. The quantitative estimate of drug-likeness (QED) is 0.232. The number of rotatable bonds is 16. The molecule has 0 saturated carbocycles. The normalized spacial score (nSPS) is 15.8. The first-order chi connectivity index (χ1) is 22.3. The minimum absolute atomic E-state index is 0.0278. The van der Waals surface area contributed by atoms with Crippen LogP contribution in [0.1, 0.15) is 44.0 Å². The van der Waals surface area contributed by atoms with E-state index in [1.165, 1.54) is 34.9 Å². The van der Waals surface area contributed by atoms with Gasteiger partial charge in [0.25, 0.3) is 0 Å². The van der Waals surface area contributed by atoms with Crippen LogP contribution >= 0.6 is 11.3 Å². The Morgan fingerprint density at radius 1 is 1.06 bits per heavy atom. The molecule has 0 unspecified atom stereocenters. The molecule has 0 spiro atoms. The maximum absolute atomic E-state index is 14.0. The van der Waals surface area contributed by atoms with Gasteiger partial charge in [-0.3, -0.25) is 4.79 Å². The first-order valence-electron chi connectivity index (χ1n) is 15.9. The lowest BCUT2D eigenvalue weighted by Crippen LogP contribution is -2.57. The third-order valence-electron chi connectivity index (χ3n) is 8.13. The van der Waals surface area contributed by atoms with Gasteiger partial charge < -0.3 is 25.0 Å². The van der Waals surface area contributed by atoms with Crippen molar-refractivity contribution in [3.63, 3.8) is 0 Å². The van der Waals surface area contributed by atoms with Gasteiger partial charge >= 0.3 is 6.03 Å². The molecule has 47 heavy (non-hydrogen) atoms. The van der Waals surface area contributed by atoms with Gasteiger partial charge in [-0.2, -0.15) is 4.31 Å². The number of ether oxygens (including phenoxy) is 1. The zero-order chi connectivity index (χ0) is 34.3. The number of sulfonamides is 1. The van der Waals surface area contributed by atoms with Gasteiger partial charge in [-0.05, 0) is 55.0 Å². The number of hydrogen-bond acceptors (Lipinski definition) is 8. The van der Waals surface area contributed by atoms with E-state index >= 15 is 0 Å². The fraction of sp³-hybridized carbons (Fsp3) is 0.500. The summed E-state index contributed by atoms with van der Waals surface area (Å²) < 4.78 is 34.1. The third kappa shape index (κ3) is 9.31. The molecule has 0 bridgehead atoms. The highest BCUT2D eigenvalue weighted by molar-refractivity contribution is 7.89. The Hall–Kier alpha value is -3.52. The Morgan fingerprint density at radius 3 is 2.32 bits per heavy atom. The second-order valence-corrected chi connectivity index (χ2v) is 15.7. The molecule has 1 aliphatic heterocycles. The van der Waals surface area contributed by atoms with E-state index in [1.807, 2.05) is 70.3 Å². The van der Waals surface area contributed by atoms with Crippen LogP contribution in [0.5, 0.6) is 5.75 Å². The summed E-state index contributed by atoms with van der Waals surface area (Å²) in [7, 11) is -2.48.